The molecule has 0 unspecified atom stereocenters. The van der Waals surface area contributed by atoms with Crippen molar-refractivity contribution in [1.29, 1.82) is 5.26 Å². The highest BCUT2D eigenvalue weighted by Crippen LogP contribution is 2.62. The van der Waals surface area contributed by atoms with Crippen molar-refractivity contribution in [3.05, 3.63) is 29.8 Å². The monoisotopic (exact) mass is 551 g/mol. The van der Waals surface area contributed by atoms with E-state index < -0.39 is 46.9 Å². The summed E-state index contributed by atoms with van der Waals surface area (Å²) in [6, 6.07) is 6.68. The van der Waals surface area contributed by atoms with Gasteiger partial charge in [-0.25, -0.2) is 4.39 Å². The lowest BCUT2D eigenvalue weighted by molar-refractivity contribution is -0.163. The topological polar surface area (TPSA) is 123 Å². The summed E-state index contributed by atoms with van der Waals surface area (Å²) >= 11 is 0. The molecule has 214 valence electrons. The minimum absolute atomic E-state index is 0.0297. The second-order valence-electron chi connectivity index (χ2n) is 12.9. The fourth-order valence-corrected chi connectivity index (χ4v) is 7.22. The highest BCUT2D eigenvalue weighted by molar-refractivity contribution is 6.07. The van der Waals surface area contributed by atoms with Crippen molar-refractivity contribution in [2.24, 2.45) is 11.3 Å². The number of likely N-dealkylation sites (tertiary alicyclic amines) is 1. The van der Waals surface area contributed by atoms with Gasteiger partial charge in [0, 0.05) is 25.7 Å². The maximum atomic E-state index is 15.2. The lowest BCUT2D eigenvalue weighted by atomic mass is 9.50. The van der Waals surface area contributed by atoms with Gasteiger partial charge < -0.3 is 20.4 Å². The quantitative estimate of drug-likeness (QED) is 0.539. The normalized spacial score (nSPS) is 26.8. The van der Waals surface area contributed by atoms with Gasteiger partial charge in [-0.05, 0) is 62.0 Å². The third-order valence-electron chi connectivity index (χ3n) is 9.56. The number of hydrogen-bond acceptors (Lipinski definition) is 5. The van der Waals surface area contributed by atoms with Crippen LogP contribution in [0.2, 0.25) is 0 Å². The van der Waals surface area contributed by atoms with E-state index in [-0.39, 0.29) is 43.0 Å². The van der Waals surface area contributed by atoms with E-state index >= 15 is 4.39 Å². The van der Waals surface area contributed by atoms with Crippen LogP contribution >= 0.6 is 0 Å². The van der Waals surface area contributed by atoms with E-state index in [9.17, 15) is 24.4 Å². The molecule has 0 bridgehead atoms. The molecule has 4 aliphatic rings. The first-order valence-corrected chi connectivity index (χ1v) is 14.2. The largest absolute Gasteiger partial charge is 0.342 e. The van der Waals surface area contributed by atoms with Crippen LogP contribution < -0.4 is 10.6 Å². The number of nitrogens with one attached hydrogen (secondary N) is 2. The first-order chi connectivity index (χ1) is 18.8. The average molecular weight is 552 g/mol. The van der Waals surface area contributed by atoms with E-state index in [1.807, 2.05) is 32.0 Å². The Bertz CT molecular complexity index is 1280. The van der Waals surface area contributed by atoms with Gasteiger partial charge in [0.05, 0.1) is 11.5 Å². The van der Waals surface area contributed by atoms with Crippen LogP contribution in [-0.2, 0) is 24.6 Å². The zero-order chi connectivity index (χ0) is 29.0. The summed E-state index contributed by atoms with van der Waals surface area (Å²) in [6.45, 7) is 5.38. The minimum Gasteiger partial charge on any atom is -0.342 e. The van der Waals surface area contributed by atoms with Crippen molar-refractivity contribution in [1.82, 2.24) is 15.1 Å². The minimum atomic E-state index is -1.96. The number of para-hydroxylation sites is 1. The summed E-state index contributed by atoms with van der Waals surface area (Å²) in [5.41, 5.74) is -1.60. The van der Waals surface area contributed by atoms with E-state index in [4.69, 9.17) is 0 Å². The summed E-state index contributed by atoms with van der Waals surface area (Å²) in [4.78, 5) is 56.1. The van der Waals surface area contributed by atoms with Gasteiger partial charge in [0.15, 0.2) is 5.67 Å². The molecule has 0 aromatic heterocycles. The predicted octanol–water partition coefficient (Wildman–Crippen LogP) is 3.05. The van der Waals surface area contributed by atoms with E-state index in [0.29, 0.717) is 12.1 Å². The highest BCUT2D eigenvalue weighted by atomic mass is 19.1. The molecule has 4 atom stereocenters. The molecule has 0 radical (unpaired) electrons. The van der Waals surface area contributed by atoms with Crippen LogP contribution in [0, 0.1) is 22.7 Å². The van der Waals surface area contributed by atoms with E-state index in [1.165, 1.54) is 23.8 Å². The molecule has 2 saturated carbocycles. The molecule has 2 N–H and O–H groups in total. The number of nitrogens with zero attached hydrogens (tertiary/aromatic N) is 3. The predicted molar refractivity (Wildman–Crippen MR) is 145 cm³/mol. The van der Waals surface area contributed by atoms with Crippen molar-refractivity contribution in [2.45, 2.75) is 94.9 Å². The number of alkyl halides is 1. The number of hydrogen-bond donors (Lipinski definition) is 2. The Kier molecular flexibility index (Phi) is 6.92. The molecule has 1 aromatic carbocycles. The zero-order valence-electron chi connectivity index (χ0n) is 23.6. The second-order valence-corrected chi connectivity index (χ2v) is 12.9. The number of carbonyl (C=O) groups is 4. The first-order valence-electron chi connectivity index (χ1n) is 14.2. The summed E-state index contributed by atoms with van der Waals surface area (Å²) in [5.74, 6) is -1.92. The summed E-state index contributed by atoms with van der Waals surface area (Å²) < 4.78 is 15.2. The fraction of sp³-hybridized carbons (Fsp3) is 0.633. The van der Waals surface area contributed by atoms with Gasteiger partial charge in [-0.2, -0.15) is 5.26 Å². The van der Waals surface area contributed by atoms with Crippen LogP contribution in [0.4, 0.5) is 10.1 Å². The van der Waals surface area contributed by atoms with Gasteiger partial charge in [0.2, 0.25) is 17.7 Å². The molecule has 9 nitrogen and oxygen atoms in total. The molecule has 2 aliphatic carbocycles. The van der Waals surface area contributed by atoms with Gasteiger partial charge in [0.1, 0.15) is 18.1 Å². The van der Waals surface area contributed by atoms with Crippen LogP contribution in [0.25, 0.3) is 0 Å². The Morgan fingerprint density at radius 2 is 1.90 bits per heavy atom. The lowest BCUT2D eigenvalue weighted by Crippen LogP contribution is -2.62. The maximum Gasteiger partial charge on any atom is 0.258 e. The number of anilines is 1. The molecule has 2 spiro atoms. The number of nitriles is 1. The van der Waals surface area contributed by atoms with Crippen LogP contribution in [0.15, 0.2) is 24.3 Å². The Morgan fingerprint density at radius 3 is 2.50 bits per heavy atom. The molecule has 1 aromatic rings. The van der Waals surface area contributed by atoms with Crippen molar-refractivity contribution < 1.29 is 23.6 Å². The van der Waals surface area contributed by atoms with Crippen LogP contribution in [0.3, 0.4) is 0 Å². The fourth-order valence-electron chi connectivity index (χ4n) is 7.22. The highest BCUT2D eigenvalue weighted by Gasteiger charge is 2.62. The third kappa shape index (κ3) is 4.43. The van der Waals surface area contributed by atoms with Crippen LogP contribution in [-0.4, -0.2) is 70.8 Å². The molecular weight excluding hydrogens is 513 g/mol. The van der Waals surface area contributed by atoms with Gasteiger partial charge in [0.25, 0.3) is 5.91 Å². The molecule has 4 amide bonds. The summed E-state index contributed by atoms with van der Waals surface area (Å²) in [5, 5.41) is 15.4. The zero-order valence-corrected chi connectivity index (χ0v) is 23.6. The number of likely N-dealkylation sites (N-methyl/N-ethyl adjacent to an activating group) is 1. The van der Waals surface area contributed by atoms with E-state index in [1.54, 1.807) is 6.07 Å². The molecule has 2 heterocycles. The molecule has 5 rings (SSSR count). The molecule has 10 heteroatoms. The van der Waals surface area contributed by atoms with Gasteiger partial charge >= 0.3 is 0 Å². The molecular formula is C30H38FN5O4. The molecule has 3 fully saturated rings. The number of halogens is 1. The van der Waals surface area contributed by atoms with Crippen molar-refractivity contribution in [3.8, 4) is 6.07 Å². The van der Waals surface area contributed by atoms with Crippen LogP contribution in [0.1, 0.15) is 71.3 Å². The number of fused-ring (bicyclic) bond motifs is 2. The smallest absolute Gasteiger partial charge is 0.258 e. The average Bonchev–Trinajstić information content (AvgIpc) is 3.40. The second kappa shape index (κ2) is 9.86. The standard InChI is InChI=1S/C30H38FN5O4/c1-18(2)12-23(35(4)24(37)19(3)33-27(40)30(31)15-28(16-30)10-7-11-28)25(38)36-17-29(13-20(36)14-32)21-8-5-6-9-22(21)34-26(29)39/h5-6,8-9,18-20,23H,7,10-13,15-17H2,1-4H3,(H,33,40)(H,34,39)/t19-,20-,23-,29-/m0/s1. The Balaban J connectivity index is 1.31. The molecule has 2 aliphatic heterocycles. The van der Waals surface area contributed by atoms with Gasteiger partial charge in [-0.15, -0.1) is 0 Å². The van der Waals surface area contributed by atoms with Crippen molar-refractivity contribution in [3.63, 3.8) is 0 Å². The summed E-state index contributed by atoms with van der Waals surface area (Å²) in [6.07, 6.45) is 3.82. The first kappa shape index (κ1) is 28.1. The summed E-state index contributed by atoms with van der Waals surface area (Å²) in [7, 11) is 1.50. The Labute approximate surface area is 234 Å². The van der Waals surface area contributed by atoms with Crippen LogP contribution in [0.5, 0.6) is 0 Å². The number of carbonyl (C=O) groups excluding carboxylic acids is 4. The van der Waals surface area contributed by atoms with E-state index in [2.05, 4.69) is 16.7 Å². The van der Waals surface area contributed by atoms with Gasteiger partial charge in [-0.1, -0.05) is 38.5 Å². The lowest BCUT2D eigenvalue weighted by Gasteiger charge is -2.56. The number of amides is 4. The SMILES string of the molecule is CC(C)C[C@@H](C(=O)N1C[C@]2(C[C@H]1C#N)C(=O)Nc1ccccc12)N(C)C(=O)[C@H](C)NC(=O)C1(F)CC2(CCC2)C1. The Morgan fingerprint density at radius 1 is 1.23 bits per heavy atom. The van der Waals surface area contributed by atoms with Gasteiger partial charge in [-0.3, -0.25) is 19.2 Å². The number of benzene rings is 1. The van der Waals surface area contributed by atoms with Crippen molar-refractivity contribution in [2.75, 3.05) is 18.9 Å². The third-order valence-corrected chi connectivity index (χ3v) is 9.56. The molecule has 40 heavy (non-hydrogen) atoms. The Hall–Kier alpha value is -3.48. The van der Waals surface area contributed by atoms with Crippen molar-refractivity contribution >= 4 is 29.3 Å². The maximum absolute atomic E-state index is 15.2. The number of rotatable bonds is 7. The van der Waals surface area contributed by atoms with E-state index in [0.717, 1.165) is 24.8 Å². The molecule has 1 saturated heterocycles.